The van der Waals surface area contributed by atoms with Gasteiger partial charge in [-0.3, -0.25) is 4.79 Å². The van der Waals surface area contributed by atoms with Crippen molar-refractivity contribution in [1.82, 2.24) is 0 Å². The van der Waals surface area contributed by atoms with Crippen LogP contribution in [-0.4, -0.2) is 12.4 Å². The molecular weight excluding hydrogens is 452 g/mol. The molecule has 0 aromatic heterocycles. The van der Waals surface area contributed by atoms with Crippen molar-refractivity contribution in [3.63, 3.8) is 0 Å². The molecule has 2 nitrogen and oxygen atoms in total. The molecule has 0 bridgehead atoms. The average molecular weight is 505 g/mol. The lowest BCUT2D eigenvalue weighted by molar-refractivity contribution is -0.0656. The third kappa shape index (κ3) is 5.26. The first-order valence-electron chi connectivity index (χ1n) is 15.6. The van der Waals surface area contributed by atoms with Gasteiger partial charge in [-0.1, -0.05) is 89.8 Å². The zero-order valence-electron chi connectivity index (χ0n) is 24.3. The smallest absolute Gasteiger partial charge is 0.150 e. The lowest BCUT2D eigenvalue weighted by Gasteiger charge is -2.58. The quantitative estimate of drug-likeness (QED) is 0.247. The molecule has 0 spiro atoms. The number of aldehydes is 1. The maximum absolute atomic E-state index is 10.9. The van der Waals surface area contributed by atoms with E-state index in [-0.39, 0.29) is 0 Å². The van der Waals surface area contributed by atoms with Crippen molar-refractivity contribution in [3.8, 4) is 0 Å². The van der Waals surface area contributed by atoms with Crippen molar-refractivity contribution in [2.45, 2.75) is 118 Å². The Hall–Kier alpha value is -1.41. The van der Waals surface area contributed by atoms with Crippen molar-refractivity contribution < 1.29 is 9.53 Å². The maximum Gasteiger partial charge on any atom is 0.150 e. The van der Waals surface area contributed by atoms with Crippen molar-refractivity contribution in [3.05, 3.63) is 47.0 Å². The standard InChI is InChI=1S/C35H52O2/c1-24(2)7-6-8-25(3)31-15-16-32-30-14-13-28-21-29(37-23-27-11-9-26(22-36)10-12-27)17-19-34(28,4)33(30)18-20-35(31,32)5/h9-13,22,24-25,29-33H,6-8,14-21,23H2,1-5H3/t25-,29?,30?,31-,32?,33?,34+,35-/m1/s1. The molecule has 4 aliphatic rings. The largest absolute Gasteiger partial charge is 0.373 e. The molecule has 4 unspecified atom stereocenters. The summed E-state index contributed by atoms with van der Waals surface area (Å²) in [6.45, 7) is 13.3. The third-order valence-corrected chi connectivity index (χ3v) is 11.9. The van der Waals surface area contributed by atoms with E-state index in [0.29, 0.717) is 23.5 Å². The fourth-order valence-electron chi connectivity index (χ4n) is 9.70. The first-order valence-corrected chi connectivity index (χ1v) is 15.6. The molecule has 0 aliphatic heterocycles. The summed E-state index contributed by atoms with van der Waals surface area (Å²) in [5.41, 5.74) is 4.56. The average Bonchev–Trinajstić information content (AvgIpc) is 3.24. The molecule has 0 heterocycles. The molecule has 37 heavy (non-hydrogen) atoms. The van der Waals surface area contributed by atoms with E-state index in [0.717, 1.165) is 59.3 Å². The summed E-state index contributed by atoms with van der Waals surface area (Å²) < 4.78 is 6.42. The van der Waals surface area contributed by atoms with Crippen LogP contribution in [0.2, 0.25) is 0 Å². The minimum absolute atomic E-state index is 0.332. The van der Waals surface area contributed by atoms with Crippen LogP contribution in [0.3, 0.4) is 0 Å². The highest BCUT2D eigenvalue weighted by Gasteiger charge is 2.59. The number of allylic oxidation sites excluding steroid dienone is 1. The van der Waals surface area contributed by atoms with E-state index in [1.165, 1.54) is 64.2 Å². The van der Waals surface area contributed by atoms with E-state index >= 15 is 0 Å². The van der Waals surface area contributed by atoms with Crippen molar-refractivity contribution in [2.75, 3.05) is 0 Å². The van der Waals surface area contributed by atoms with Crippen molar-refractivity contribution in [2.24, 2.45) is 46.3 Å². The first kappa shape index (κ1) is 27.2. The highest BCUT2D eigenvalue weighted by atomic mass is 16.5. The molecule has 1 aromatic carbocycles. The van der Waals surface area contributed by atoms with Gasteiger partial charge in [0, 0.05) is 5.56 Å². The van der Waals surface area contributed by atoms with Crippen LogP contribution in [0.25, 0.3) is 0 Å². The van der Waals surface area contributed by atoms with Crippen LogP contribution in [-0.2, 0) is 11.3 Å². The molecular formula is C35H52O2. The lowest BCUT2D eigenvalue weighted by atomic mass is 9.47. The maximum atomic E-state index is 10.9. The Kier molecular flexibility index (Phi) is 8.07. The van der Waals surface area contributed by atoms with Gasteiger partial charge in [-0.2, -0.15) is 0 Å². The summed E-state index contributed by atoms with van der Waals surface area (Å²) in [6.07, 6.45) is 18.9. The van der Waals surface area contributed by atoms with E-state index < -0.39 is 0 Å². The predicted molar refractivity (Wildman–Crippen MR) is 153 cm³/mol. The summed E-state index contributed by atoms with van der Waals surface area (Å²) >= 11 is 0. The number of rotatable bonds is 9. The van der Waals surface area contributed by atoms with Gasteiger partial charge in [0.1, 0.15) is 6.29 Å². The Morgan fingerprint density at radius 1 is 0.973 bits per heavy atom. The molecule has 4 aliphatic carbocycles. The van der Waals surface area contributed by atoms with Gasteiger partial charge >= 0.3 is 0 Å². The number of ether oxygens (including phenoxy) is 1. The Labute approximate surface area is 227 Å². The minimum Gasteiger partial charge on any atom is -0.373 e. The number of hydrogen-bond acceptors (Lipinski definition) is 2. The number of fused-ring (bicyclic) bond motifs is 5. The molecule has 0 saturated heterocycles. The molecule has 3 saturated carbocycles. The van der Waals surface area contributed by atoms with E-state index in [4.69, 9.17) is 4.74 Å². The Bertz CT molecular complexity index is 960. The fourth-order valence-corrected chi connectivity index (χ4v) is 9.70. The predicted octanol–water partition coefficient (Wildman–Crippen LogP) is 9.43. The zero-order valence-corrected chi connectivity index (χ0v) is 24.3. The third-order valence-electron chi connectivity index (χ3n) is 11.9. The Morgan fingerprint density at radius 2 is 1.76 bits per heavy atom. The molecule has 0 amide bonds. The Balaban J connectivity index is 1.22. The summed E-state index contributed by atoms with van der Waals surface area (Å²) in [4.78, 5) is 10.9. The summed E-state index contributed by atoms with van der Waals surface area (Å²) in [5, 5.41) is 0. The fraction of sp³-hybridized carbons (Fsp3) is 0.743. The highest BCUT2D eigenvalue weighted by molar-refractivity contribution is 5.74. The molecule has 204 valence electrons. The summed E-state index contributed by atoms with van der Waals surface area (Å²) in [5.74, 6) is 5.37. The van der Waals surface area contributed by atoms with Crippen LogP contribution < -0.4 is 0 Å². The van der Waals surface area contributed by atoms with Crippen LogP contribution in [0.4, 0.5) is 0 Å². The SMILES string of the molecule is CC(C)CCC[C@@H](C)[C@H]1CCC2C3CC=C4CC(OCc5ccc(C=O)cc5)CC[C@]4(C)C3CC[C@@]21C. The second-order valence-corrected chi connectivity index (χ2v) is 14.3. The van der Waals surface area contributed by atoms with Gasteiger partial charge in [0.15, 0.2) is 0 Å². The highest BCUT2D eigenvalue weighted by Crippen LogP contribution is 2.67. The molecule has 2 heteroatoms. The second kappa shape index (κ2) is 11.0. The molecule has 3 fully saturated rings. The van der Waals surface area contributed by atoms with Crippen molar-refractivity contribution in [1.29, 1.82) is 0 Å². The van der Waals surface area contributed by atoms with Gasteiger partial charge in [0.25, 0.3) is 0 Å². The van der Waals surface area contributed by atoms with Crippen LogP contribution in [0.5, 0.6) is 0 Å². The molecule has 5 rings (SSSR count). The van der Waals surface area contributed by atoms with Crippen LogP contribution in [0.1, 0.15) is 121 Å². The van der Waals surface area contributed by atoms with Crippen LogP contribution in [0.15, 0.2) is 35.9 Å². The second-order valence-electron chi connectivity index (χ2n) is 14.3. The van der Waals surface area contributed by atoms with Gasteiger partial charge in [-0.15, -0.1) is 0 Å². The number of benzene rings is 1. The summed E-state index contributed by atoms with van der Waals surface area (Å²) in [6, 6.07) is 7.84. The number of carbonyl (C=O) groups excluding carboxylic acids is 1. The Morgan fingerprint density at radius 3 is 2.49 bits per heavy atom. The van der Waals surface area contributed by atoms with Gasteiger partial charge in [0.2, 0.25) is 0 Å². The van der Waals surface area contributed by atoms with E-state index in [9.17, 15) is 4.79 Å². The minimum atomic E-state index is 0.332. The van der Waals surface area contributed by atoms with E-state index in [1.54, 1.807) is 5.57 Å². The van der Waals surface area contributed by atoms with Crippen LogP contribution >= 0.6 is 0 Å². The number of hydrogen-bond donors (Lipinski definition) is 0. The van der Waals surface area contributed by atoms with Gasteiger partial charge in [-0.25, -0.2) is 0 Å². The molecule has 0 N–H and O–H groups in total. The zero-order chi connectivity index (χ0) is 26.2. The van der Waals surface area contributed by atoms with Crippen molar-refractivity contribution >= 4 is 6.29 Å². The van der Waals surface area contributed by atoms with Crippen LogP contribution in [0, 0.1) is 46.3 Å². The lowest BCUT2D eigenvalue weighted by Crippen LogP contribution is -2.51. The molecule has 8 atom stereocenters. The van der Waals surface area contributed by atoms with Gasteiger partial charge in [0.05, 0.1) is 12.7 Å². The molecule has 1 aromatic rings. The van der Waals surface area contributed by atoms with Gasteiger partial charge < -0.3 is 4.74 Å². The topological polar surface area (TPSA) is 26.3 Å². The summed E-state index contributed by atoms with van der Waals surface area (Å²) in [7, 11) is 0. The monoisotopic (exact) mass is 504 g/mol. The number of carbonyl (C=O) groups is 1. The van der Waals surface area contributed by atoms with E-state index in [2.05, 4.69) is 40.7 Å². The first-order chi connectivity index (χ1) is 17.7. The molecule has 0 radical (unpaired) electrons. The normalized spacial score (nSPS) is 37.9. The van der Waals surface area contributed by atoms with E-state index in [1.807, 2.05) is 24.3 Å². The van der Waals surface area contributed by atoms with Gasteiger partial charge in [-0.05, 0) is 103 Å².